The maximum absolute atomic E-state index is 11.8. The molecule has 0 radical (unpaired) electrons. The van der Waals surface area contributed by atoms with E-state index < -0.39 is 0 Å². The molecule has 86 valence electrons. The zero-order valence-electron chi connectivity index (χ0n) is 9.46. The number of nitrogens with one attached hydrogen (secondary N) is 2. The van der Waals surface area contributed by atoms with Gasteiger partial charge in [0.25, 0.3) is 0 Å². The van der Waals surface area contributed by atoms with E-state index in [2.05, 4.69) is 15.5 Å². The summed E-state index contributed by atoms with van der Waals surface area (Å²) < 4.78 is 0. The van der Waals surface area contributed by atoms with Gasteiger partial charge in [0.15, 0.2) is 0 Å². The van der Waals surface area contributed by atoms with Gasteiger partial charge >= 0.3 is 0 Å². The molecule has 0 aromatic carbocycles. The summed E-state index contributed by atoms with van der Waals surface area (Å²) in [4.78, 5) is 14.2. The molecule has 15 heavy (non-hydrogen) atoms. The van der Waals surface area contributed by atoms with Crippen LogP contribution in [0.2, 0.25) is 0 Å². The van der Waals surface area contributed by atoms with E-state index in [1.807, 2.05) is 0 Å². The number of rotatable bonds is 2. The molecule has 2 aliphatic rings. The van der Waals surface area contributed by atoms with Crippen LogP contribution in [0.5, 0.6) is 0 Å². The zero-order valence-corrected chi connectivity index (χ0v) is 9.46. The normalized spacial score (nSPS) is 32.9. The van der Waals surface area contributed by atoms with Crippen LogP contribution >= 0.6 is 0 Å². The molecule has 4 heteroatoms. The molecule has 0 aliphatic carbocycles. The van der Waals surface area contributed by atoms with Crippen LogP contribution in [0.1, 0.15) is 25.7 Å². The third-order valence-electron chi connectivity index (χ3n) is 3.60. The van der Waals surface area contributed by atoms with Crippen LogP contribution in [0, 0.1) is 0 Å². The van der Waals surface area contributed by atoms with E-state index in [1.165, 1.54) is 19.3 Å². The fraction of sp³-hybridized carbons (Fsp3) is 0.909. The lowest BCUT2D eigenvalue weighted by Gasteiger charge is -2.38. The quantitative estimate of drug-likeness (QED) is 0.673. The van der Waals surface area contributed by atoms with Crippen LogP contribution in [0.15, 0.2) is 0 Å². The van der Waals surface area contributed by atoms with E-state index in [4.69, 9.17) is 0 Å². The van der Waals surface area contributed by atoms with Gasteiger partial charge in [0.05, 0.1) is 6.04 Å². The molecule has 2 heterocycles. The van der Waals surface area contributed by atoms with Crippen molar-refractivity contribution in [1.82, 2.24) is 15.5 Å². The first-order valence-electron chi connectivity index (χ1n) is 6.01. The standard InChI is InChI=1S/C11H21N3O/c1-12-11(15)10-4-2-3-7-14(10)9-5-6-13-8-9/h9-10,13H,2-8H2,1H3,(H,12,15). The first-order valence-corrected chi connectivity index (χ1v) is 6.01. The number of hydrogen-bond donors (Lipinski definition) is 2. The average Bonchev–Trinajstić information content (AvgIpc) is 2.81. The van der Waals surface area contributed by atoms with Crippen molar-refractivity contribution in [3.8, 4) is 0 Å². The third-order valence-corrected chi connectivity index (χ3v) is 3.60. The smallest absolute Gasteiger partial charge is 0.237 e. The Hall–Kier alpha value is -0.610. The largest absolute Gasteiger partial charge is 0.358 e. The van der Waals surface area contributed by atoms with Crippen molar-refractivity contribution < 1.29 is 4.79 Å². The Morgan fingerprint density at radius 3 is 2.93 bits per heavy atom. The van der Waals surface area contributed by atoms with Gasteiger partial charge in [-0.25, -0.2) is 0 Å². The van der Waals surface area contributed by atoms with Crippen molar-refractivity contribution in [2.75, 3.05) is 26.7 Å². The summed E-state index contributed by atoms with van der Waals surface area (Å²) in [6, 6.07) is 0.696. The van der Waals surface area contributed by atoms with Gasteiger partial charge in [0.1, 0.15) is 0 Å². The van der Waals surface area contributed by atoms with Crippen molar-refractivity contribution in [3.05, 3.63) is 0 Å². The lowest BCUT2D eigenvalue weighted by molar-refractivity contribution is -0.128. The van der Waals surface area contributed by atoms with Gasteiger partial charge < -0.3 is 10.6 Å². The van der Waals surface area contributed by atoms with E-state index in [0.717, 1.165) is 26.1 Å². The highest BCUT2D eigenvalue weighted by Gasteiger charge is 2.33. The minimum Gasteiger partial charge on any atom is -0.358 e. The predicted octanol–water partition coefficient (Wildman–Crippen LogP) is -0.0512. The molecule has 2 rings (SSSR count). The van der Waals surface area contributed by atoms with E-state index in [9.17, 15) is 4.79 Å². The second-order valence-electron chi connectivity index (χ2n) is 4.51. The summed E-state index contributed by atoms with van der Waals surface area (Å²) in [5.41, 5.74) is 0. The van der Waals surface area contributed by atoms with Crippen LogP contribution in [0.25, 0.3) is 0 Å². The summed E-state index contributed by atoms with van der Waals surface area (Å²) in [5.74, 6) is 0.196. The third kappa shape index (κ3) is 2.32. The molecule has 2 atom stereocenters. The summed E-state index contributed by atoms with van der Waals surface area (Å²) in [7, 11) is 1.74. The molecule has 1 amide bonds. The molecule has 2 N–H and O–H groups in total. The minimum absolute atomic E-state index is 0.119. The Bertz CT molecular complexity index is 226. The number of likely N-dealkylation sites (N-methyl/N-ethyl adjacent to an activating group) is 1. The lowest BCUT2D eigenvalue weighted by Crippen LogP contribution is -2.53. The van der Waals surface area contributed by atoms with Crippen molar-refractivity contribution >= 4 is 5.91 Å². The summed E-state index contributed by atoms with van der Waals surface area (Å²) in [5, 5.41) is 6.16. The summed E-state index contributed by atoms with van der Waals surface area (Å²) in [6.45, 7) is 3.24. The maximum Gasteiger partial charge on any atom is 0.237 e. The number of carbonyl (C=O) groups excluding carboxylic acids is 1. The topological polar surface area (TPSA) is 44.4 Å². The van der Waals surface area contributed by atoms with Crippen LogP contribution in [0.3, 0.4) is 0 Å². The van der Waals surface area contributed by atoms with Gasteiger partial charge in [-0.3, -0.25) is 9.69 Å². The van der Waals surface area contributed by atoms with Gasteiger partial charge in [-0.15, -0.1) is 0 Å². The van der Waals surface area contributed by atoms with Crippen LogP contribution in [-0.4, -0.2) is 49.6 Å². The first kappa shape index (κ1) is 10.9. The highest BCUT2D eigenvalue weighted by Crippen LogP contribution is 2.22. The number of hydrogen-bond acceptors (Lipinski definition) is 3. The molecule has 0 aromatic rings. The van der Waals surface area contributed by atoms with Crippen LogP contribution < -0.4 is 10.6 Å². The lowest BCUT2D eigenvalue weighted by atomic mass is 9.98. The second kappa shape index (κ2) is 4.94. The van der Waals surface area contributed by atoms with E-state index in [1.54, 1.807) is 7.05 Å². The number of nitrogens with zero attached hydrogens (tertiary/aromatic N) is 1. The Balaban J connectivity index is 2.01. The predicted molar refractivity (Wildman–Crippen MR) is 59.7 cm³/mol. The van der Waals surface area contributed by atoms with Gasteiger partial charge in [0.2, 0.25) is 5.91 Å². The molecule has 2 unspecified atom stereocenters. The number of piperidine rings is 1. The molecule has 2 saturated heterocycles. The van der Waals surface area contributed by atoms with E-state index >= 15 is 0 Å². The highest BCUT2D eigenvalue weighted by molar-refractivity contribution is 5.81. The molecule has 0 bridgehead atoms. The minimum atomic E-state index is 0.119. The molecular weight excluding hydrogens is 190 g/mol. The molecule has 4 nitrogen and oxygen atoms in total. The number of amides is 1. The zero-order chi connectivity index (χ0) is 10.7. The molecule has 0 saturated carbocycles. The Kier molecular flexibility index (Phi) is 3.59. The fourth-order valence-corrected chi connectivity index (χ4v) is 2.76. The Morgan fingerprint density at radius 1 is 1.40 bits per heavy atom. The van der Waals surface area contributed by atoms with Gasteiger partial charge in [-0.05, 0) is 32.4 Å². The Morgan fingerprint density at radius 2 is 2.27 bits per heavy atom. The fourth-order valence-electron chi connectivity index (χ4n) is 2.76. The van der Waals surface area contributed by atoms with Gasteiger partial charge in [0, 0.05) is 19.6 Å². The monoisotopic (exact) mass is 211 g/mol. The second-order valence-corrected chi connectivity index (χ2v) is 4.51. The highest BCUT2D eigenvalue weighted by atomic mass is 16.2. The molecule has 2 aliphatic heterocycles. The molecule has 0 aromatic heterocycles. The van der Waals surface area contributed by atoms with Crippen LogP contribution in [-0.2, 0) is 4.79 Å². The first-order chi connectivity index (χ1) is 7.33. The number of likely N-dealkylation sites (tertiary alicyclic amines) is 1. The van der Waals surface area contributed by atoms with Gasteiger partial charge in [-0.2, -0.15) is 0 Å². The maximum atomic E-state index is 11.8. The molecular formula is C11H21N3O. The molecule has 2 fully saturated rings. The number of carbonyl (C=O) groups is 1. The van der Waals surface area contributed by atoms with E-state index in [0.29, 0.717) is 6.04 Å². The molecule has 0 spiro atoms. The van der Waals surface area contributed by atoms with E-state index in [-0.39, 0.29) is 11.9 Å². The van der Waals surface area contributed by atoms with Crippen molar-refractivity contribution in [2.45, 2.75) is 37.8 Å². The summed E-state index contributed by atoms with van der Waals surface area (Å²) in [6.07, 6.45) is 4.64. The van der Waals surface area contributed by atoms with Crippen molar-refractivity contribution in [2.24, 2.45) is 0 Å². The summed E-state index contributed by atoms with van der Waals surface area (Å²) >= 11 is 0. The Labute approximate surface area is 91.4 Å². The van der Waals surface area contributed by atoms with Gasteiger partial charge in [-0.1, -0.05) is 6.42 Å². The average molecular weight is 211 g/mol. The van der Waals surface area contributed by atoms with Crippen molar-refractivity contribution in [3.63, 3.8) is 0 Å². The SMILES string of the molecule is CNC(=O)C1CCCCN1C1CCNC1. The van der Waals surface area contributed by atoms with Crippen LogP contribution in [0.4, 0.5) is 0 Å². The van der Waals surface area contributed by atoms with Crippen molar-refractivity contribution in [1.29, 1.82) is 0 Å².